The largest absolute Gasteiger partial charge is 0.744 e. The van der Waals surface area contributed by atoms with Crippen LogP contribution in [0.3, 0.4) is 0 Å². The first kappa shape index (κ1) is 14.3. The van der Waals surface area contributed by atoms with Crippen molar-refractivity contribution < 1.29 is 22.9 Å². The molecule has 0 saturated heterocycles. The number of rotatable bonds is 5. The van der Waals surface area contributed by atoms with Gasteiger partial charge in [0.25, 0.3) is 0 Å². The Kier molecular flexibility index (Phi) is 3.91. The van der Waals surface area contributed by atoms with Gasteiger partial charge < -0.3 is 15.0 Å². The highest BCUT2D eigenvalue weighted by Crippen LogP contribution is 2.26. The first-order valence-electron chi connectivity index (χ1n) is 5.82. The van der Waals surface area contributed by atoms with Gasteiger partial charge in [-0.15, -0.1) is 0 Å². The minimum atomic E-state index is -4.52. The summed E-state index contributed by atoms with van der Waals surface area (Å²) in [5, 5.41) is 12.8. The molecule has 2 N–H and O–H groups in total. The monoisotopic (exact) mass is 294 g/mol. The quantitative estimate of drug-likeness (QED) is 0.812. The minimum absolute atomic E-state index is 0.0596. The molecule has 2 aromatic rings. The molecule has 0 fully saturated rings. The summed E-state index contributed by atoms with van der Waals surface area (Å²) in [6.07, 6.45) is -0.0596. The molecule has 0 bridgehead atoms. The third-order valence-corrected chi connectivity index (χ3v) is 3.63. The second-order valence-electron chi connectivity index (χ2n) is 4.21. The molecule has 7 heteroatoms. The van der Waals surface area contributed by atoms with Crippen molar-refractivity contribution >= 4 is 32.5 Å². The van der Waals surface area contributed by atoms with Crippen molar-refractivity contribution in [1.82, 2.24) is 0 Å². The van der Waals surface area contributed by atoms with Gasteiger partial charge in [0.1, 0.15) is 10.1 Å². The molecule has 0 aliphatic heterocycles. The minimum Gasteiger partial charge on any atom is -0.744 e. The first-order valence-corrected chi connectivity index (χ1v) is 7.23. The maximum Gasteiger partial charge on any atom is 0.305 e. The van der Waals surface area contributed by atoms with Gasteiger partial charge in [-0.2, -0.15) is 0 Å². The van der Waals surface area contributed by atoms with Gasteiger partial charge >= 0.3 is 5.97 Å². The van der Waals surface area contributed by atoms with Crippen molar-refractivity contribution in [1.29, 1.82) is 0 Å². The van der Waals surface area contributed by atoms with Crippen molar-refractivity contribution in [3.63, 3.8) is 0 Å². The maximum absolute atomic E-state index is 11.0. The van der Waals surface area contributed by atoms with Gasteiger partial charge in [-0.05, 0) is 23.6 Å². The zero-order chi connectivity index (χ0) is 14.8. The predicted molar refractivity (Wildman–Crippen MR) is 72.7 cm³/mol. The van der Waals surface area contributed by atoms with E-state index in [0.29, 0.717) is 11.1 Å². The number of nitrogens with one attached hydrogen (secondary N) is 1. The van der Waals surface area contributed by atoms with Gasteiger partial charge in [-0.25, -0.2) is 8.42 Å². The van der Waals surface area contributed by atoms with Gasteiger partial charge in [-0.3, -0.25) is 4.79 Å². The summed E-state index contributed by atoms with van der Waals surface area (Å²) < 4.78 is 33.1. The van der Waals surface area contributed by atoms with Crippen LogP contribution in [0, 0.1) is 0 Å². The van der Waals surface area contributed by atoms with E-state index in [4.69, 9.17) is 5.11 Å². The number of hydrogen-bond acceptors (Lipinski definition) is 5. The molecule has 0 amide bonds. The molecule has 2 aromatic carbocycles. The molecule has 0 saturated carbocycles. The third kappa shape index (κ3) is 3.25. The Labute approximate surface area is 115 Å². The number of fused-ring (bicyclic) bond motifs is 1. The number of carboxylic acids is 1. The van der Waals surface area contributed by atoms with Crippen LogP contribution >= 0.6 is 0 Å². The summed E-state index contributed by atoms with van der Waals surface area (Å²) in [6, 6.07) is 9.33. The van der Waals surface area contributed by atoms with E-state index in [1.54, 1.807) is 24.3 Å². The summed E-state index contributed by atoms with van der Waals surface area (Å²) in [5.74, 6) is -0.930. The van der Waals surface area contributed by atoms with Crippen LogP contribution in [0.15, 0.2) is 41.3 Å². The van der Waals surface area contributed by atoms with Crippen LogP contribution in [0.25, 0.3) is 10.8 Å². The van der Waals surface area contributed by atoms with Crippen LogP contribution in [-0.4, -0.2) is 30.6 Å². The van der Waals surface area contributed by atoms with Crippen molar-refractivity contribution in [3.8, 4) is 0 Å². The van der Waals surface area contributed by atoms with Crippen molar-refractivity contribution in [2.24, 2.45) is 0 Å². The van der Waals surface area contributed by atoms with E-state index < -0.39 is 16.1 Å². The Hall–Kier alpha value is -2.12. The molecule has 20 heavy (non-hydrogen) atoms. The lowest BCUT2D eigenvalue weighted by Crippen LogP contribution is -2.07. The maximum atomic E-state index is 11.0. The zero-order valence-electron chi connectivity index (χ0n) is 10.4. The van der Waals surface area contributed by atoms with E-state index in [1.807, 2.05) is 0 Å². The molecule has 0 aliphatic rings. The number of hydrogen-bond donors (Lipinski definition) is 2. The van der Waals surface area contributed by atoms with Crippen LogP contribution in [0.2, 0.25) is 0 Å². The first-order chi connectivity index (χ1) is 9.38. The molecule has 0 spiro atoms. The molecule has 0 unspecified atom stereocenters. The summed E-state index contributed by atoms with van der Waals surface area (Å²) in [7, 11) is -4.52. The van der Waals surface area contributed by atoms with Gasteiger partial charge in [0.05, 0.1) is 11.3 Å². The van der Waals surface area contributed by atoms with Crippen LogP contribution in [0.5, 0.6) is 0 Å². The number of carboxylic acid groups (broad SMARTS) is 1. The highest BCUT2D eigenvalue weighted by Gasteiger charge is 2.06. The Bertz CT molecular complexity index is 754. The molecule has 0 aliphatic carbocycles. The molecule has 0 heterocycles. The highest BCUT2D eigenvalue weighted by atomic mass is 32.2. The smallest absolute Gasteiger partial charge is 0.305 e. The number of aliphatic carboxylic acids is 1. The van der Waals surface area contributed by atoms with E-state index >= 15 is 0 Å². The van der Waals surface area contributed by atoms with Crippen LogP contribution in [-0.2, 0) is 14.9 Å². The van der Waals surface area contributed by atoms with Crippen molar-refractivity contribution in [3.05, 3.63) is 36.4 Å². The normalized spacial score (nSPS) is 11.4. The molecule has 6 nitrogen and oxygen atoms in total. The van der Waals surface area contributed by atoms with E-state index in [1.165, 1.54) is 12.1 Å². The second-order valence-corrected chi connectivity index (χ2v) is 5.59. The van der Waals surface area contributed by atoms with Crippen molar-refractivity contribution in [2.45, 2.75) is 11.3 Å². The van der Waals surface area contributed by atoms with E-state index in [2.05, 4.69) is 5.32 Å². The summed E-state index contributed by atoms with van der Waals surface area (Å²) in [4.78, 5) is 10.2. The average molecular weight is 294 g/mol. The fourth-order valence-electron chi connectivity index (χ4n) is 1.87. The average Bonchev–Trinajstić information content (AvgIpc) is 2.37. The van der Waals surface area contributed by atoms with E-state index in [0.717, 1.165) is 5.39 Å². The molecule has 2 rings (SSSR count). The van der Waals surface area contributed by atoms with E-state index in [9.17, 15) is 17.8 Å². The van der Waals surface area contributed by atoms with Crippen LogP contribution in [0.1, 0.15) is 6.42 Å². The van der Waals surface area contributed by atoms with Crippen LogP contribution in [0.4, 0.5) is 5.69 Å². The lowest BCUT2D eigenvalue weighted by Gasteiger charge is -2.12. The Morgan fingerprint density at radius 1 is 1.25 bits per heavy atom. The fourth-order valence-corrected chi connectivity index (χ4v) is 2.36. The summed E-state index contributed by atoms with van der Waals surface area (Å²) in [5.41, 5.74) is 0.592. The van der Waals surface area contributed by atoms with Gasteiger partial charge in [0.15, 0.2) is 0 Å². The second kappa shape index (κ2) is 5.48. The van der Waals surface area contributed by atoms with Gasteiger partial charge in [0.2, 0.25) is 0 Å². The third-order valence-electron chi connectivity index (χ3n) is 2.80. The van der Waals surface area contributed by atoms with Gasteiger partial charge in [-0.1, -0.05) is 18.2 Å². The molecule has 0 radical (unpaired) electrons. The standard InChI is InChI=1S/C13H13NO5S/c15-13(16)6-7-14-12-3-1-2-9-4-5-10(8-11(9)12)20(17,18)19/h1-5,8,14H,6-7H2,(H,15,16)(H,17,18,19)/p-1. The fraction of sp³-hybridized carbons (Fsp3) is 0.154. The zero-order valence-corrected chi connectivity index (χ0v) is 11.2. The molecular weight excluding hydrogens is 282 g/mol. The van der Waals surface area contributed by atoms with Crippen molar-refractivity contribution in [2.75, 3.05) is 11.9 Å². The molecule has 0 aromatic heterocycles. The number of anilines is 1. The topological polar surface area (TPSA) is 107 Å². The molecule has 106 valence electrons. The summed E-state index contributed by atoms with van der Waals surface area (Å²) in [6.45, 7) is 0.211. The summed E-state index contributed by atoms with van der Waals surface area (Å²) >= 11 is 0. The van der Waals surface area contributed by atoms with Gasteiger partial charge in [0, 0.05) is 17.6 Å². The number of benzene rings is 2. The molecular formula is C13H12NO5S-. The SMILES string of the molecule is O=C(O)CCNc1cccc2ccc(S(=O)(=O)[O-])cc12. The van der Waals surface area contributed by atoms with E-state index in [-0.39, 0.29) is 17.9 Å². The Balaban J connectivity index is 2.41. The predicted octanol–water partition coefficient (Wildman–Crippen LogP) is 1.63. The Morgan fingerprint density at radius 2 is 2.00 bits per heavy atom. The molecule has 0 atom stereocenters. The lowest BCUT2D eigenvalue weighted by atomic mass is 10.1. The van der Waals surface area contributed by atoms with Crippen LogP contribution < -0.4 is 5.32 Å². The highest BCUT2D eigenvalue weighted by molar-refractivity contribution is 7.85. The number of carbonyl (C=O) groups is 1. The Morgan fingerprint density at radius 3 is 2.65 bits per heavy atom. The lowest BCUT2D eigenvalue weighted by molar-refractivity contribution is -0.136.